The van der Waals surface area contributed by atoms with Gasteiger partial charge < -0.3 is 19.5 Å². The van der Waals surface area contributed by atoms with Crippen LogP contribution in [0.5, 0.6) is 17.2 Å². The second-order valence-electron chi connectivity index (χ2n) is 8.93. The summed E-state index contributed by atoms with van der Waals surface area (Å²) in [7, 11) is 0. The number of aromatic nitrogens is 2. The maximum absolute atomic E-state index is 12.5. The van der Waals surface area contributed by atoms with Gasteiger partial charge in [0.25, 0.3) is 5.91 Å². The number of ether oxygens (including phenoxy) is 3. The summed E-state index contributed by atoms with van der Waals surface area (Å²) in [5.41, 5.74) is 2.32. The van der Waals surface area contributed by atoms with Crippen LogP contribution in [0.4, 0.5) is 5.82 Å². The van der Waals surface area contributed by atoms with Gasteiger partial charge in [0.15, 0.2) is 23.8 Å². The molecule has 1 aromatic heterocycles. The van der Waals surface area contributed by atoms with Crippen molar-refractivity contribution >= 4 is 11.7 Å². The van der Waals surface area contributed by atoms with Crippen LogP contribution in [0.25, 0.3) is 11.3 Å². The van der Waals surface area contributed by atoms with Gasteiger partial charge in [-0.2, -0.15) is 0 Å². The van der Waals surface area contributed by atoms with Crippen molar-refractivity contribution in [1.82, 2.24) is 10.3 Å². The molecule has 1 heterocycles. The molecule has 0 atom stereocenters. The van der Waals surface area contributed by atoms with Gasteiger partial charge in [-0.25, -0.2) is 4.63 Å². The Morgan fingerprint density at radius 1 is 0.912 bits per heavy atom. The molecule has 34 heavy (non-hydrogen) atoms. The van der Waals surface area contributed by atoms with Gasteiger partial charge >= 0.3 is 0 Å². The molecule has 0 radical (unpaired) electrons. The number of benzene rings is 2. The van der Waals surface area contributed by atoms with Crippen LogP contribution in [0.2, 0.25) is 0 Å². The third kappa shape index (κ3) is 6.73. The van der Waals surface area contributed by atoms with Crippen LogP contribution in [0.3, 0.4) is 0 Å². The van der Waals surface area contributed by atoms with Crippen LogP contribution in [0.1, 0.15) is 53.0 Å². The molecule has 0 aliphatic heterocycles. The van der Waals surface area contributed by atoms with Gasteiger partial charge in [0.2, 0.25) is 5.82 Å². The number of carbonyl (C=O) groups excluding carboxylic acids is 1. The zero-order valence-corrected chi connectivity index (χ0v) is 20.5. The lowest BCUT2D eigenvalue weighted by molar-refractivity contribution is -0.118. The van der Waals surface area contributed by atoms with Crippen molar-refractivity contribution in [3.8, 4) is 28.5 Å². The van der Waals surface area contributed by atoms with E-state index in [-0.39, 0.29) is 23.7 Å². The van der Waals surface area contributed by atoms with Gasteiger partial charge in [-0.05, 0) is 64.5 Å². The molecule has 8 heteroatoms. The lowest BCUT2D eigenvalue weighted by atomic mass is 9.87. The molecule has 0 spiro atoms. The Hall–Kier alpha value is -3.55. The van der Waals surface area contributed by atoms with Crippen molar-refractivity contribution < 1.29 is 23.6 Å². The number of hydrogen-bond donors (Lipinski definition) is 1. The molecule has 182 valence electrons. The third-order valence-corrected chi connectivity index (χ3v) is 4.98. The fourth-order valence-corrected chi connectivity index (χ4v) is 3.14. The van der Waals surface area contributed by atoms with Crippen molar-refractivity contribution in [3.63, 3.8) is 0 Å². The maximum atomic E-state index is 12.5. The topological polar surface area (TPSA) is 95.7 Å². The minimum Gasteiger partial charge on any atom is -0.490 e. The second-order valence-corrected chi connectivity index (χ2v) is 8.93. The number of anilines is 1. The molecule has 0 unspecified atom stereocenters. The lowest BCUT2D eigenvalue weighted by Crippen LogP contribution is -2.20. The number of carbonyl (C=O) groups is 1. The van der Waals surface area contributed by atoms with E-state index in [1.165, 1.54) is 5.56 Å². The minimum absolute atomic E-state index is 0.0496. The van der Waals surface area contributed by atoms with E-state index in [0.29, 0.717) is 41.7 Å². The summed E-state index contributed by atoms with van der Waals surface area (Å²) in [6.07, 6.45) is 1.75. The van der Waals surface area contributed by atoms with Crippen LogP contribution in [-0.4, -0.2) is 36.0 Å². The first-order chi connectivity index (χ1) is 16.3. The molecule has 1 N–H and O–H groups in total. The zero-order chi connectivity index (χ0) is 24.6. The molecule has 1 amide bonds. The van der Waals surface area contributed by atoms with E-state index in [1.807, 2.05) is 56.3 Å². The molecule has 0 aliphatic rings. The Labute approximate surface area is 200 Å². The van der Waals surface area contributed by atoms with Crippen LogP contribution < -0.4 is 19.5 Å². The normalized spacial score (nSPS) is 11.2. The predicted molar refractivity (Wildman–Crippen MR) is 131 cm³/mol. The summed E-state index contributed by atoms with van der Waals surface area (Å²) in [5.74, 6) is 1.71. The standard InChI is InChI=1S/C26H33N3O5/c1-6-14-31-21-13-8-18(16-22(21)32-15-7-2)24-25(29-34-28-24)27-23(30)17-33-20-11-9-19(10-12-20)26(3,4)5/h8-13,16H,6-7,14-15,17H2,1-5H3,(H,27,29,30). The number of nitrogens with zero attached hydrogens (tertiary/aromatic N) is 2. The molecule has 2 aromatic carbocycles. The maximum Gasteiger partial charge on any atom is 0.263 e. The SMILES string of the molecule is CCCOc1ccc(-c2nonc2NC(=O)COc2ccc(C(C)(C)C)cc2)cc1OCCC. The van der Waals surface area contributed by atoms with Gasteiger partial charge in [0.1, 0.15) is 5.75 Å². The molecule has 3 aromatic rings. The molecule has 0 saturated heterocycles. The fourth-order valence-electron chi connectivity index (χ4n) is 3.14. The van der Waals surface area contributed by atoms with E-state index in [9.17, 15) is 4.79 Å². The Morgan fingerprint density at radius 2 is 1.59 bits per heavy atom. The summed E-state index contributed by atoms with van der Waals surface area (Å²) in [6, 6.07) is 13.2. The quantitative estimate of drug-likeness (QED) is 0.390. The number of amides is 1. The first kappa shape index (κ1) is 25.1. The third-order valence-electron chi connectivity index (χ3n) is 4.98. The summed E-state index contributed by atoms with van der Waals surface area (Å²) < 4.78 is 22.1. The average Bonchev–Trinajstić information content (AvgIpc) is 3.28. The van der Waals surface area contributed by atoms with Crippen LogP contribution >= 0.6 is 0 Å². The highest BCUT2D eigenvalue weighted by Gasteiger charge is 2.18. The summed E-state index contributed by atoms with van der Waals surface area (Å²) in [5, 5.41) is 10.5. The van der Waals surface area contributed by atoms with Crippen molar-refractivity contribution in [2.45, 2.75) is 52.9 Å². The highest BCUT2D eigenvalue weighted by Crippen LogP contribution is 2.34. The summed E-state index contributed by atoms with van der Waals surface area (Å²) >= 11 is 0. The Balaban J connectivity index is 1.67. The van der Waals surface area contributed by atoms with Crippen LogP contribution in [0.15, 0.2) is 47.1 Å². The van der Waals surface area contributed by atoms with Crippen molar-refractivity contribution in [2.75, 3.05) is 25.1 Å². The first-order valence-electron chi connectivity index (χ1n) is 11.6. The Kier molecular flexibility index (Phi) is 8.51. The van der Waals surface area contributed by atoms with Crippen LogP contribution in [0, 0.1) is 0 Å². The smallest absolute Gasteiger partial charge is 0.263 e. The van der Waals surface area contributed by atoms with Crippen molar-refractivity contribution in [3.05, 3.63) is 48.0 Å². The molecular weight excluding hydrogens is 434 g/mol. The lowest BCUT2D eigenvalue weighted by Gasteiger charge is -2.19. The van der Waals surface area contributed by atoms with E-state index in [1.54, 1.807) is 0 Å². The van der Waals surface area contributed by atoms with Gasteiger partial charge in [-0.3, -0.25) is 4.79 Å². The molecular formula is C26H33N3O5. The highest BCUT2D eigenvalue weighted by molar-refractivity contribution is 5.94. The molecule has 0 fully saturated rings. The van der Waals surface area contributed by atoms with Gasteiger partial charge in [0, 0.05) is 5.56 Å². The Morgan fingerprint density at radius 3 is 2.24 bits per heavy atom. The first-order valence-corrected chi connectivity index (χ1v) is 11.6. The van der Waals surface area contributed by atoms with Crippen molar-refractivity contribution in [1.29, 1.82) is 0 Å². The number of hydrogen-bond acceptors (Lipinski definition) is 7. The monoisotopic (exact) mass is 467 g/mol. The van der Waals surface area contributed by atoms with E-state index < -0.39 is 0 Å². The van der Waals surface area contributed by atoms with Gasteiger partial charge in [-0.15, -0.1) is 0 Å². The molecule has 3 rings (SSSR count). The second kappa shape index (κ2) is 11.5. The number of nitrogens with one attached hydrogen (secondary N) is 1. The fraction of sp³-hybridized carbons (Fsp3) is 0.423. The van der Waals surface area contributed by atoms with E-state index in [4.69, 9.17) is 18.8 Å². The molecule has 0 bridgehead atoms. The predicted octanol–water partition coefficient (Wildman–Crippen LogP) is 5.63. The van der Waals surface area contributed by atoms with E-state index >= 15 is 0 Å². The van der Waals surface area contributed by atoms with E-state index in [0.717, 1.165) is 12.8 Å². The average molecular weight is 468 g/mol. The summed E-state index contributed by atoms with van der Waals surface area (Å²) in [6.45, 7) is 11.5. The minimum atomic E-state index is -0.373. The Bertz CT molecular complexity index is 1070. The zero-order valence-electron chi connectivity index (χ0n) is 20.5. The number of rotatable bonds is 11. The molecule has 8 nitrogen and oxygen atoms in total. The summed E-state index contributed by atoms with van der Waals surface area (Å²) in [4.78, 5) is 12.5. The van der Waals surface area contributed by atoms with Crippen LogP contribution in [-0.2, 0) is 10.2 Å². The van der Waals surface area contributed by atoms with Crippen molar-refractivity contribution in [2.24, 2.45) is 0 Å². The molecule has 0 aliphatic carbocycles. The molecule has 0 saturated carbocycles. The van der Waals surface area contributed by atoms with Gasteiger partial charge in [-0.1, -0.05) is 46.8 Å². The highest BCUT2D eigenvalue weighted by atomic mass is 16.6. The van der Waals surface area contributed by atoms with Gasteiger partial charge in [0.05, 0.1) is 13.2 Å². The largest absolute Gasteiger partial charge is 0.490 e. The van der Waals surface area contributed by atoms with E-state index in [2.05, 4.69) is 36.4 Å².